The second-order valence-electron chi connectivity index (χ2n) is 5.75. The van der Waals surface area contributed by atoms with Gasteiger partial charge in [0.25, 0.3) is 0 Å². The van der Waals surface area contributed by atoms with Crippen LogP contribution in [-0.4, -0.2) is 42.5 Å². The average Bonchev–Trinajstić information content (AvgIpc) is 2.67. The van der Waals surface area contributed by atoms with E-state index in [9.17, 15) is 52.5 Å². The van der Waals surface area contributed by atoms with Crippen LogP contribution in [0, 0.1) is 0 Å². The lowest BCUT2D eigenvalue weighted by atomic mass is 10.1. The van der Waals surface area contributed by atoms with Crippen molar-refractivity contribution in [2.75, 3.05) is 6.26 Å². The fourth-order valence-electron chi connectivity index (χ4n) is 1.90. The third-order valence-electron chi connectivity index (χ3n) is 3.62. The van der Waals surface area contributed by atoms with E-state index in [1.54, 1.807) is 0 Å². The molecule has 0 bridgehead atoms. The van der Waals surface area contributed by atoms with E-state index in [-0.39, 0.29) is 10.9 Å². The first kappa shape index (κ1) is 27.1. The van der Waals surface area contributed by atoms with E-state index in [4.69, 9.17) is 0 Å². The molecule has 0 saturated carbocycles. The molecule has 2 aromatic rings. The first-order valence-electron chi connectivity index (χ1n) is 7.79. The van der Waals surface area contributed by atoms with Crippen LogP contribution in [0.1, 0.15) is 0 Å². The van der Waals surface area contributed by atoms with Crippen molar-refractivity contribution < 1.29 is 52.5 Å². The normalized spacial score (nSPS) is 13.5. The van der Waals surface area contributed by atoms with Crippen molar-refractivity contribution in [3.63, 3.8) is 0 Å². The Morgan fingerprint density at radius 3 is 1.26 bits per heavy atom. The van der Waals surface area contributed by atoms with Gasteiger partial charge in [0.2, 0.25) is 0 Å². The van der Waals surface area contributed by atoms with Gasteiger partial charge in [-0.1, -0.05) is 36.4 Å². The van der Waals surface area contributed by atoms with Crippen LogP contribution in [0.15, 0.2) is 70.5 Å². The molecule has 0 saturated heterocycles. The molecule has 174 valence electrons. The van der Waals surface area contributed by atoms with E-state index in [0.717, 1.165) is 0 Å². The van der Waals surface area contributed by atoms with Crippen molar-refractivity contribution in [2.24, 2.45) is 0 Å². The van der Waals surface area contributed by atoms with E-state index in [1.165, 1.54) is 9.79 Å². The van der Waals surface area contributed by atoms with E-state index in [0.29, 0.717) is 0 Å². The van der Waals surface area contributed by atoms with Gasteiger partial charge in [0.15, 0.2) is 19.9 Å². The lowest BCUT2D eigenvalue weighted by molar-refractivity contribution is -0.382. The lowest BCUT2D eigenvalue weighted by Gasteiger charge is -2.34. The largest absolute Gasteiger partial charge is 0.743 e. The number of halogens is 9. The van der Waals surface area contributed by atoms with Crippen molar-refractivity contribution in [2.45, 2.75) is 33.1 Å². The number of hydrogen-bond acceptors (Lipinski definition) is 3. The molecule has 0 N–H and O–H groups in total. The first-order chi connectivity index (χ1) is 13.9. The fraction of sp³-hybridized carbons (Fsp3) is 0.294. The molecule has 0 amide bonds. The van der Waals surface area contributed by atoms with Crippen molar-refractivity contribution >= 4 is 21.0 Å². The zero-order chi connectivity index (χ0) is 24.3. The van der Waals surface area contributed by atoms with Crippen molar-refractivity contribution in [1.29, 1.82) is 0 Å². The topological polar surface area (TPSA) is 57.2 Å². The van der Waals surface area contributed by atoms with Gasteiger partial charge in [0, 0.05) is 0 Å². The molecular weight excluding hydrogens is 487 g/mol. The molecule has 0 radical (unpaired) electrons. The number of alkyl halides is 9. The maximum Gasteiger partial charge on any atom is 0.460 e. The highest BCUT2D eigenvalue weighted by Gasteiger charge is 2.83. The Morgan fingerprint density at radius 2 is 1.00 bits per heavy atom. The molecule has 0 atom stereocenters. The van der Waals surface area contributed by atoms with Crippen LogP contribution in [0.4, 0.5) is 39.5 Å². The summed E-state index contributed by atoms with van der Waals surface area (Å²) in [5.74, 6) is -14.8. The van der Waals surface area contributed by atoms with Gasteiger partial charge in [-0.15, -0.1) is 0 Å². The first-order valence-corrected chi connectivity index (χ1v) is 10.8. The van der Waals surface area contributed by atoms with Crippen LogP contribution in [-0.2, 0) is 21.0 Å². The van der Waals surface area contributed by atoms with Crippen LogP contribution in [0.3, 0.4) is 0 Å². The van der Waals surface area contributed by atoms with Crippen LogP contribution in [0.25, 0.3) is 0 Å². The predicted molar refractivity (Wildman–Crippen MR) is 93.3 cm³/mol. The van der Waals surface area contributed by atoms with Crippen LogP contribution < -0.4 is 0 Å². The standard InChI is InChI=1S/C13H13S.C4HF9O3S/c1-14(12-8-4-2-5-9-12)13-10-6-3-7-11-13;5-1(6,3(9,10)11)2(7,8)4(12,13)17(14,15)16/h2-11H,1H3;(H,14,15,16)/q+1;/p-1. The summed E-state index contributed by atoms with van der Waals surface area (Å²) in [6.07, 6.45) is -4.89. The van der Waals surface area contributed by atoms with Crippen molar-refractivity contribution in [3.8, 4) is 0 Å². The molecule has 0 aliphatic carbocycles. The second kappa shape index (κ2) is 9.28. The maximum atomic E-state index is 12.2. The number of benzene rings is 2. The molecule has 0 heterocycles. The van der Waals surface area contributed by atoms with Gasteiger partial charge < -0.3 is 4.55 Å². The predicted octanol–water partition coefficient (Wildman–Crippen LogP) is 5.31. The summed E-state index contributed by atoms with van der Waals surface area (Å²) in [7, 11) is -7.21. The lowest BCUT2D eigenvalue weighted by Crippen LogP contribution is -2.63. The Labute approximate surface area is 174 Å². The Morgan fingerprint density at radius 1 is 0.677 bits per heavy atom. The number of rotatable bonds is 5. The minimum absolute atomic E-state index is 0.203. The van der Waals surface area contributed by atoms with Crippen LogP contribution in [0.5, 0.6) is 0 Å². The summed E-state index contributed by atoms with van der Waals surface area (Å²) in [5.41, 5.74) is 0. The molecule has 0 aromatic heterocycles. The maximum absolute atomic E-state index is 12.2. The van der Waals surface area contributed by atoms with Gasteiger partial charge in [-0.05, 0) is 24.3 Å². The van der Waals surface area contributed by atoms with Gasteiger partial charge >= 0.3 is 23.3 Å². The number of hydrogen-bond donors (Lipinski definition) is 0. The van der Waals surface area contributed by atoms with Gasteiger partial charge in [0.05, 0.1) is 10.9 Å². The average molecular weight is 500 g/mol. The van der Waals surface area contributed by atoms with E-state index in [1.807, 2.05) is 0 Å². The van der Waals surface area contributed by atoms with Crippen LogP contribution >= 0.6 is 0 Å². The molecule has 14 heteroatoms. The minimum Gasteiger partial charge on any atom is -0.743 e. The fourth-order valence-corrected chi connectivity index (χ4v) is 3.75. The zero-order valence-electron chi connectivity index (χ0n) is 15.2. The Bertz CT molecular complexity index is 908. The molecule has 31 heavy (non-hydrogen) atoms. The summed E-state index contributed by atoms with van der Waals surface area (Å²) < 4.78 is 135. The van der Waals surface area contributed by atoms with E-state index < -0.39 is 33.4 Å². The zero-order valence-corrected chi connectivity index (χ0v) is 16.8. The van der Waals surface area contributed by atoms with Gasteiger partial charge in [0.1, 0.15) is 6.26 Å². The van der Waals surface area contributed by atoms with Crippen molar-refractivity contribution in [3.05, 3.63) is 60.7 Å². The third kappa shape index (κ3) is 5.66. The smallest absolute Gasteiger partial charge is 0.460 e. The quantitative estimate of drug-likeness (QED) is 0.318. The van der Waals surface area contributed by atoms with Gasteiger partial charge in [-0.3, -0.25) is 0 Å². The summed E-state index contributed by atoms with van der Waals surface area (Å²) in [4.78, 5) is 2.80. The Kier molecular flexibility index (Phi) is 8.12. The molecule has 0 aliphatic rings. The van der Waals surface area contributed by atoms with Gasteiger partial charge in [-0.25, -0.2) is 8.42 Å². The highest BCUT2D eigenvalue weighted by molar-refractivity contribution is 7.96. The third-order valence-corrected chi connectivity index (χ3v) is 6.47. The summed E-state index contributed by atoms with van der Waals surface area (Å²) in [5, 5.41) is -7.11. The Balaban J connectivity index is 0.000000314. The molecule has 0 unspecified atom stereocenters. The molecular formula is C17H13F9O3S2. The van der Waals surface area contributed by atoms with Crippen LogP contribution in [0.2, 0.25) is 0 Å². The summed E-state index contributed by atoms with van der Waals surface area (Å²) >= 11 is 0. The van der Waals surface area contributed by atoms with Crippen molar-refractivity contribution in [1.82, 2.24) is 0 Å². The molecule has 0 fully saturated rings. The monoisotopic (exact) mass is 500 g/mol. The molecule has 2 rings (SSSR count). The second-order valence-corrected chi connectivity index (χ2v) is 9.14. The van der Waals surface area contributed by atoms with E-state index >= 15 is 0 Å². The molecule has 3 nitrogen and oxygen atoms in total. The minimum atomic E-state index is -7.43. The van der Waals surface area contributed by atoms with E-state index in [2.05, 4.69) is 66.9 Å². The highest BCUT2D eigenvalue weighted by atomic mass is 32.2. The SMILES string of the molecule is C[S+](c1ccccc1)c1ccccc1.O=S(=O)([O-])C(F)(F)C(F)(F)C(F)(F)C(F)(F)F. The van der Waals surface area contributed by atoms with Gasteiger partial charge in [-0.2, -0.15) is 39.5 Å². The molecule has 2 aromatic carbocycles. The summed E-state index contributed by atoms with van der Waals surface area (Å²) in [6.45, 7) is 0. The molecule has 0 spiro atoms. The summed E-state index contributed by atoms with van der Waals surface area (Å²) in [6, 6.07) is 21.3. The molecule has 0 aliphatic heterocycles. The highest BCUT2D eigenvalue weighted by Crippen LogP contribution is 2.54. The Hall–Kier alpha value is -1.93.